The normalized spacial score (nSPS) is 10.5. The third-order valence-electron chi connectivity index (χ3n) is 1.78. The molecule has 0 radical (unpaired) electrons. The van der Waals surface area contributed by atoms with Crippen molar-refractivity contribution in [3.05, 3.63) is 23.8 Å². The fourth-order valence-electron chi connectivity index (χ4n) is 1.00. The molecule has 5 nitrogen and oxygen atoms in total. The molecule has 0 fully saturated rings. The second-order valence-corrected chi connectivity index (χ2v) is 2.90. The van der Waals surface area contributed by atoms with Gasteiger partial charge in [0.05, 0.1) is 18.7 Å². The Hall–Kier alpha value is -2.36. The number of carboxylic acids is 1. The number of rotatable bonds is 4. The molecule has 0 spiro atoms. The lowest BCUT2D eigenvalue weighted by atomic mass is 10.2. The predicted octanol–water partition coefficient (Wildman–Crippen LogP) is 1.62. The lowest BCUT2D eigenvalue weighted by Gasteiger charge is -2.15. The largest absolute Gasteiger partial charge is 0.502 e. The number of nitrogens with zero attached hydrogens (tertiary/aromatic N) is 1. The Kier molecular flexibility index (Phi) is 3.48. The Bertz CT molecular complexity index is 482. The van der Waals surface area contributed by atoms with Crippen LogP contribution in [-0.4, -0.2) is 24.3 Å². The van der Waals surface area contributed by atoms with E-state index in [4.69, 9.17) is 15.1 Å². The van der Waals surface area contributed by atoms with Gasteiger partial charge in [-0.3, -0.25) is 0 Å². The molecule has 0 amide bonds. The zero-order valence-corrected chi connectivity index (χ0v) is 8.61. The van der Waals surface area contributed by atoms with E-state index < -0.39 is 17.8 Å². The lowest BCUT2D eigenvalue weighted by molar-refractivity contribution is -0.211. The van der Waals surface area contributed by atoms with Crippen LogP contribution in [-0.2, 0) is 4.79 Å². The molecule has 0 saturated carbocycles. The Labute approximate surface area is 94.8 Å². The van der Waals surface area contributed by atoms with Crippen molar-refractivity contribution in [2.24, 2.45) is 0 Å². The van der Waals surface area contributed by atoms with Crippen LogP contribution >= 0.6 is 0 Å². The predicted molar refractivity (Wildman–Crippen MR) is 50.9 cm³/mol. The average molecular weight is 243 g/mol. The van der Waals surface area contributed by atoms with Crippen LogP contribution in [0.15, 0.2) is 18.2 Å². The van der Waals surface area contributed by atoms with Crippen molar-refractivity contribution >= 4 is 5.97 Å². The van der Waals surface area contributed by atoms with Gasteiger partial charge in [0.1, 0.15) is 0 Å². The van der Waals surface area contributed by atoms with E-state index in [0.717, 1.165) is 12.1 Å². The van der Waals surface area contributed by atoms with Crippen molar-refractivity contribution in [1.82, 2.24) is 0 Å². The van der Waals surface area contributed by atoms with Crippen molar-refractivity contribution in [3.8, 4) is 17.6 Å². The first-order chi connectivity index (χ1) is 7.90. The molecule has 0 atom stereocenters. The second kappa shape index (κ2) is 4.65. The number of hydrogen-bond acceptors (Lipinski definition) is 4. The number of alkyl halides is 2. The second-order valence-electron chi connectivity index (χ2n) is 2.90. The summed E-state index contributed by atoms with van der Waals surface area (Å²) in [6, 6.07) is 5.18. The zero-order valence-electron chi connectivity index (χ0n) is 8.61. The minimum absolute atomic E-state index is 0.148. The molecule has 1 rings (SSSR count). The number of nitriles is 1. The third-order valence-corrected chi connectivity index (χ3v) is 1.78. The minimum atomic E-state index is -4.36. The molecule has 0 aliphatic heterocycles. The maximum absolute atomic E-state index is 12.8. The van der Waals surface area contributed by atoms with Gasteiger partial charge < -0.3 is 14.6 Å². The number of carboxylic acid groups (broad SMARTS) is 1. The molecule has 1 aromatic rings. The molecule has 0 aliphatic carbocycles. The van der Waals surface area contributed by atoms with Gasteiger partial charge in [0.25, 0.3) is 0 Å². The van der Waals surface area contributed by atoms with Crippen molar-refractivity contribution in [2.75, 3.05) is 7.11 Å². The van der Waals surface area contributed by atoms with E-state index in [9.17, 15) is 13.6 Å². The molecule has 0 saturated heterocycles. The summed E-state index contributed by atoms with van der Waals surface area (Å²) in [6.45, 7) is 0. The molecule has 0 heterocycles. The number of carbonyl (C=O) groups is 1. The quantitative estimate of drug-likeness (QED) is 0.869. The van der Waals surface area contributed by atoms with Crippen LogP contribution in [0.4, 0.5) is 8.78 Å². The standard InChI is InChI=1S/C10H7F2NO4/c1-16-8-4-6(5-13)2-3-7(8)17-10(11,12)9(14)15/h2-4H,1H3,(H,14,15). The monoisotopic (exact) mass is 243 g/mol. The van der Waals surface area contributed by atoms with Gasteiger partial charge in [-0.05, 0) is 12.1 Å². The van der Waals surface area contributed by atoms with E-state index in [1.165, 1.54) is 13.2 Å². The van der Waals surface area contributed by atoms with Crippen LogP contribution in [0.5, 0.6) is 11.5 Å². The number of methoxy groups -OCH3 is 1. The van der Waals surface area contributed by atoms with Crippen LogP contribution in [0.3, 0.4) is 0 Å². The summed E-state index contributed by atoms with van der Waals surface area (Å²) in [5.74, 6) is -3.02. The molecular formula is C10H7F2NO4. The van der Waals surface area contributed by atoms with E-state index in [1.807, 2.05) is 0 Å². The Morgan fingerprint density at radius 1 is 1.47 bits per heavy atom. The molecule has 1 aromatic carbocycles. The van der Waals surface area contributed by atoms with E-state index in [2.05, 4.69) is 4.74 Å². The van der Waals surface area contributed by atoms with Crippen LogP contribution in [0.2, 0.25) is 0 Å². The van der Waals surface area contributed by atoms with Gasteiger partial charge in [-0.15, -0.1) is 0 Å². The van der Waals surface area contributed by atoms with Gasteiger partial charge in [0, 0.05) is 6.07 Å². The number of hydrogen-bond donors (Lipinski definition) is 1. The Balaban J connectivity index is 3.08. The maximum atomic E-state index is 12.8. The van der Waals surface area contributed by atoms with E-state index in [1.54, 1.807) is 6.07 Å². The summed E-state index contributed by atoms with van der Waals surface area (Å²) < 4.78 is 34.3. The third kappa shape index (κ3) is 2.81. The van der Waals surface area contributed by atoms with Gasteiger partial charge >= 0.3 is 12.1 Å². The average Bonchev–Trinajstić information content (AvgIpc) is 2.29. The summed E-state index contributed by atoms with van der Waals surface area (Å²) in [5.41, 5.74) is 0.174. The molecular weight excluding hydrogens is 236 g/mol. The molecule has 0 aliphatic rings. The van der Waals surface area contributed by atoms with Crippen LogP contribution in [0, 0.1) is 11.3 Å². The summed E-state index contributed by atoms with van der Waals surface area (Å²) in [7, 11) is 1.18. The Morgan fingerprint density at radius 2 is 2.12 bits per heavy atom. The highest BCUT2D eigenvalue weighted by Crippen LogP contribution is 2.32. The van der Waals surface area contributed by atoms with Crippen LogP contribution < -0.4 is 9.47 Å². The van der Waals surface area contributed by atoms with Gasteiger partial charge in [0.2, 0.25) is 0 Å². The highest BCUT2D eigenvalue weighted by molar-refractivity contribution is 5.74. The van der Waals surface area contributed by atoms with Crippen molar-refractivity contribution in [1.29, 1.82) is 5.26 Å². The fraction of sp³-hybridized carbons (Fsp3) is 0.200. The van der Waals surface area contributed by atoms with E-state index >= 15 is 0 Å². The van der Waals surface area contributed by atoms with Gasteiger partial charge in [-0.2, -0.15) is 14.0 Å². The molecule has 7 heteroatoms. The Morgan fingerprint density at radius 3 is 2.59 bits per heavy atom. The first kappa shape index (κ1) is 12.7. The number of aliphatic carboxylic acids is 1. The number of halogens is 2. The molecule has 17 heavy (non-hydrogen) atoms. The lowest BCUT2D eigenvalue weighted by Crippen LogP contribution is -2.34. The van der Waals surface area contributed by atoms with Crippen molar-refractivity contribution < 1.29 is 28.2 Å². The number of benzene rings is 1. The molecule has 0 bridgehead atoms. The summed E-state index contributed by atoms with van der Waals surface area (Å²) >= 11 is 0. The first-order valence-electron chi connectivity index (χ1n) is 4.29. The summed E-state index contributed by atoms with van der Waals surface area (Å²) in [4.78, 5) is 10.2. The highest BCUT2D eigenvalue weighted by atomic mass is 19.3. The molecule has 90 valence electrons. The SMILES string of the molecule is COc1cc(C#N)ccc1OC(F)(F)C(=O)O. The van der Waals surface area contributed by atoms with E-state index in [0.29, 0.717) is 0 Å². The topological polar surface area (TPSA) is 79.5 Å². The minimum Gasteiger partial charge on any atom is -0.493 e. The van der Waals surface area contributed by atoms with Crippen LogP contribution in [0.1, 0.15) is 5.56 Å². The van der Waals surface area contributed by atoms with Gasteiger partial charge in [-0.25, -0.2) is 4.79 Å². The molecule has 0 aromatic heterocycles. The molecule has 1 N–H and O–H groups in total. The number of ether oxygens (including phenoxy) is 2. The fourth-order valence-corrected chi connectivity index (χ4v) is 1.00. The maximum Gasteiger partial charge on any atom is 0.502 e. The highest BCUT2D eigenvalue weighted by Gasteiger charge is 2.43. The van der Waals surface area contributed by atoms with Gasteiger partial charge in [0.15, 0.2) is 11.5 Å². The van der Waals surface area contributed by atoms with Crippen molar-refractivity contribution in [2.45, 2.75) is 6.11 Å². The summed E-state index contributed by atoms with van der Waals surface area (Å²) in [5, 5.41) is 16.8. The zero-order chi connectivity index (χ0) is 13.1. The smallest absolute Gasteiger partial charge is 0.493 e. The van der Waals surface area contributed by atoms with Crippen molar-refractivity contribution in [3.63, 3.8) is 0 Å². The summed E-state index contributed by atoms with van der Waals surface area (Å²) in [6.07, 6.45) is -4.36. The van der Waals surface area contributed by atoms with E-state index in [-0.39, 0.29) is 11.3 Å². The molecule has 0 unspecified atom stereocenters. The van der Waals surface area contributed by atoms with Gasteiger partial charge in [-0.1, -0.05) is 0 Å². The van der Waals surface area contributed by atoms with Crippen LogP contribution in [0.25, 0.3) is 0 Å². The first-order valence-corrected chi connectivity index (χ1v) is 4.29.